The van der Waals surface area contributed by atoms with E-state index in [1.54, 1.807) is 0 Å². The number of hydrogen-bond donors (Lipinski definition) is 2. The van der Waals surface area contributed by atoms with Crippen LogP contribution in [0.5, 0.6) is 0 Å². The van der Waals surface area contributed by atoms with Crippen LogP contribution in [-0.2, 0) is 13.1 Å². The lowest BCUT2D eigenvalue weighted by Gasteiger charge is -2.28. The lowest BCUT2D eigenvalue weighted by molar-refractivity contribution is 0.272. The second-order valence-electron chi connectivity index (χ2n) is 4.77. The highest BCUT2D eigenvalue weighted by Crippen LogP contribution is 2.17. The van der Waals surface area contributed by atoms with Crippen LogP contribution in [0.2, 0.25) is 0 Å². The molecule has 1 aliphatic heterocycles. The lowest BCUT2D eigenvalue weighted by atomic mass is 10.0. The third kappa shape index (κ3) is 2.46. The number of nitrogens with zero attached hydrogens (tertiary/aromatic N) is 3. The Morgan fingerprint density at radius 1 is 1.30 bits per heavy atom. The average molecular weight is 270 g/mol. The molecule has 0 fully saturated rings. The van der Waals surface area contributed by atoms with Crippen LogP contribution in [0.4, 0.5) is 0 Å². The van der Waals surface area contributed by atoms with Gasteiger partial charge in [0, 0.05) is 31.4 Å². The van der Waals surface area contributed by atoms with Gasteiger partial charge in [0.2, 0.25) is 0 Å². The Balaban J connectivity index is 1.88. The molecule has 0 atom stereocenters. The molecule has 0 bridgehead atoms. The van der Waals surface area contributed by atoms with Crippen LogP contribution in [0, 0.1) is 0 Å². The molecule has 2 aromatic rings. The summed E-state index contributed by atoms with van der Waals surface area (Å²) in [6.45, 7) is 1.89. The highest BCUT2D eigenvalue weighted by molar-refractivity contribution is 6.01. The maximum atomic E-state index is 11.3. The van der Waals surface area contributed by atoms with Crippen LogP contribution in [0.25, 0.3) is 0 Å². The maximum Gasteiger partial charge on any atom is 0.345 e. The van der Waals surface area contributed by atoms with Crippen LogP contribution >= 0.6 is 0 Å². The molecule has 20 heavy (non-hydrogen) atoms. The second-order valence-corrected chi connectivity index (χ2v) is 4.77. The van der Waals surface area contributed by atoms with Gasteiger partial charge in [0.15, 0.2) is 0 Å². The standard InChI is InChI=1S/C14H14N4O2/c19-14-15-6-11-8-18(7-10-4-2-1-3-5-10)9-12(17-20)13(11)16-14/h1-6,20H,7-9H2,(H,15,16,19). The number of hydrogen-bond acceptors (Lipinski definition) is 5. The van der Waals surface area contributed by atoms with Crippen molar-refractivity contribution in [2.45, 2.75) is 13.1 Å². The van der Waals surface area contributed by atoms with Gasteiger partial charge in [-0.3, -0.25) is 4.90 Å². The molecule has 2 heterocycles. The Hall–Kier alpha value is -2.47. The summed E-state index contributed by atoms with van der Waals surface area (Å²) in [5, 5.41) is 12.4. The molecule has 1 aromatic carbocycles. The largest absolute Gasteiger partial charge is 0.411 e. The minimum Gasteiger partial charge on any atom is -0.411 e. The minimum atomic E-state index is -0.429. The number of nitrogens with one attached hydrogen (secondary N) is 1. The highest BCUT2D eigenvalue weighted by Gasteiger charge is 2.23. The molecule has 6 heteroatoms. The molecule has 0 aliphatic carbocycles. The average Bonchev–Trinajstić information content (AvgIpc) is 2.48. The van der Waals surface area contributed by atoms with Crippen LogP contribution in [0.1, 0.15) is 16.8 Å². The van der Waals surface area contributed by atoms with E-state index in [0.717, 1.165) is 12.1 Å². The fourth-order valence-electron chi connectivity index (χ4n) is 2.42. The summed E-state index contributed by atoms with van der Waals surface area (Å²) in [7, 11) is 0. The smallest absolute Gasteiger partial charge is 0.345 e. The van der Waals surface area contributed by atoms with E-state index in [4.69, 9.17) is 5.21 Å². The summed E-state index contributed by atoms with van der Waals surface area (Å²) >= 11 is 0. The van der Waals surface area contributed by atoms with E-state index in [9.17, 15) is 4.79 Å². The molecule has 0 radical (unpaired) electrons. The molecular formula is C14H14N4O2. The van der Waals surface area contributed by atoms with Crippen molar-refractivity contribution in [1.82, 2.24) is 14.9 Å². The first-order valence-corrected chi connectivity index (χ1v) is 6.32. The van der Waals surface area contributed by atoms with Crippen molar-refractivity contribution in [2.24, 2.45) is 5.16 Å². The Labute approximate surface area is 115 Å². The zero-order valence-corrected chi connectivity index (χ0v) is 10.8. The summed E-state index contributed by atoms with van der Waals surface area (Å²) < 4.78 is 0. The van der Waals surface area contributed by atoms with Crippen LogP contribution in [0.15, 0.2) is 46.5 Å². The molecule has 0 spiro atoms. The zero-order valence-electron chi connectivity index (χ0n) is 10.8. The summed E-state index contributed by atoms with van der Waals surface area (Å²) in [6.07, 6.45) is 1.54. The minimum absolute atomic E-state index is 0.429. The molecular weight excluding hydrogens is 256 g/mol. The molecule has 6 nitrogen and oxygen atoms in total. The van der Waals surface area contributed by atoms with Crippen LogP contribution in [0.3, 0.4) is 0 Å². The SMILES string of the molecule is O=c1ncc2c([nH]1)C(=NO)CN(Cc1ccccc1)C2. The van der Waals surface area contributed by atoms with E-state index in [-0.39, 0.29) is 0 Å². The Bertz CT molecular complexity index is 694. The monoisotopic (exact) mass is 270 g/mol. The summed E-state index contributed by atoms with van der Waals surface area (Å²) in [5.41, 5.74) is 2.66. The van der Waals surface area contributed by atoms with E-state index in [1.807, 2.05) is 18.2 Å². The van der Waals surface area contributed by atoms with Crippen molar-refractivity contribution < 1.29 is 5.21 Å². The zero-order chi connectivity index (χ0) is 13.9. The van der Waals surface area contributed by atoms with Crippen molar-refractivity contribution in [3.63, 3.8) is 0 Å². The molecule has 0 amide bonds. The summed E-state index contributed by atoms with van der Waals surface area (Å²) in [6, 6.07) is 10.1. The fraction of sp³-hybridized carbons (Fsp3) is 0.214. The number of rotatable bonds is 2. The van der Waals surface area contributed by atoms with E-state index in [1.165, 1.54) is 11.8 Å². The maximum absolute atomic E-state index is 11.3. The first-order valence-electron chi connectivity index (χ1n) is 6.32. The van der Waals surface area contributed by atoms with Gasteiger partial charge in [0.25, 0.3) is 0 Å². The van der Waals surface area contributed by atoms with E-state index in [2.05, 4.69) is 32.2 Å². The quantitative estimate of drug-likeness (QED) is 0.629. The molecule has 102 valence electrons. The van der Waals surface area contributed by atoms with Gasteiger partial charge in [-0.1, -0.05) is 35.5 Å². The van der Waals surface area contributed by atoms with E-state index in [0.29, 0.717) is 24.5 Å². The Kier molecular flexibility index (Phi) is 3.30. The van der Waals surface area contributed by atoms with Gasteiger partial charge >= 0.3 is 5.69 Å². The molecule has 0 saturated carbocycles. The molecule has 0 saturated heterocycles. The molecule has 1 aliphatic rings. The Morgan fingerprint density at radius 2 is 2.10 bits per heavy atom. The molecule has 2 N–H and O–H groups in total. The summed E-state index contributed by atoms with van der Waals surface area (Å²) in [4.78, 5) is 19.7. The first kappa shape index (κ1) is 12.6. The van der Waals surface area contributed by atoms with Gasteiger partial charge in [-0.15, -0.1) is 0 Å². The third-order valence-electron chi connectivity index (χ3n) is 3.32. The van der Waals surface area contributed by atoms with Crippen molar-refractivity contribution in [3.8, 4) is 0 Å². The number of oxime groups is 1. The molecule has 0 unspecified atom stereocenters. The predicted molar refractivity (Wildman–Crippen MR) is 73.7 cm³/mol. The third-order valence-corrected chi connectivity index (χ3v) is 3.32. The van der Waals surface area contributed by atoms with Crippen molar-refractivity contribution in [3.05, 3.63) is 63.8 Å². The van der Waals surface area contributed by atoms with Gasteiger partial charge in [0.05, 0.1) is 5.69 Å². The van der Waals surface area contributed by atoms with Crippen molar-refractivity contribution in [1.29, 1.82) is 0 Å². The number of aromatic amines is 1. The summed E-state index contributed by atoms with van der Waals surface area (Å²) in [5.74, 6) is 0. The van der Waals surface area contributed by atoms with Crippen molar-refractivity contribution in [2.75, 3.05) is 6.54 Å². The van der Waals surface area contributed by atoms with Crippen LogP contribution in [-0.4, -0.2) is 32.3 Å². The number of benzene rings is 1. The van der Waals surface area contributed by atoms with Crippen LogP contribution < -0.4 is 5.69 Å². The number of fused-ring (bicyclic) bond motifs is 1. The molecule has 3 rings (SSSR count). The lowest BCUT2D eigenvalue weighted by Crippen LogP contribution is -2.37. The van der Waals surface area contributed by atoms with Gasteiger partial charge in [-0.2, -0.15) is 0 Å². The fourth-order valence-corrected chi connectivity index (χ4v) is 2.42. The van der Waals surface area contributed by atoms with E-state index >= 15 is 0 Å². The highest BCUT2D eigenvalue weighted by atomic mass is 16.4. The Morgan fingerprint density at radius 3 is 2.85 bits per heavy atom. The molecule has 1 aromatic heterocycles. The van der Waals surface area contributed by atoms with Gasteiger partial charge in [-0.05, 0) is 5.56 Å². The number of H-pyrrole nitrogens is 1. The van der Waals surface area contributed by atoms with Gasteiger partial charge < -0.3 is 10.2 Å². The second kappa shape index (κ2) is 5.26. The van der Waals surface area contributed by atoms with E-state index < -0.39 is 5.69 Å². The predicted octanol–water partition coefficient (Wildman–Crippen LogP) is 0.964. The topological polar surface area (TPSA) is 81.6 Å². The van der Waals surface area contributed by atoms with Crippen molar-refractivity contribution >= 4 is 5.71 Å². The van der Waals surface area contributed by atoms with Gasteiger partial charge in [0.1, 0.15) is 5.71 Å². The first-order chi connectivity index (χ1) is 9.76. The normalized spacial score (nSPS) is 17.1. The van der Waals surface area contributed by atoms with Gasteiger partial charge in [-0.25, -0.2) is 9.78 Å². The number of aromatic nitrogens is 2.